The van der Waals surface area contributed by atoms with Gasteiger partial charge in [0.05, 0.1) is 27.4 Å². The van der Waals surface area contributed by atoms with Gasteiger partial charge in [0.15, 0.2) is 5.82 Å². The van der Waals surface area contributed by atoms with E-state index in [1.807, 2.05) is 18.9 Å². The van der Waals surface area contributed by atoms with Gasteiger partial charge in [0.1, 0.15) is 5.69 Å². The fourth-order valence-corrected chi connectivity index (χ4v) is 8.58. The molecule has 2 saturated carbocycles. The van der Waals surface area contributed by atoms with Crippen LogP contribution in [0.2, 0.25) is 0 Å². The topological polar surface area (TPSA) is 95.5 Å². The highest BCUT2D eigenvalue weighted by molar-refractivity contribution is 7.90. The van der Waals surface area contributed by atoms with Crippen LogP contribution in [0, 0.1) is 12.7 Å². The number of anilines is 1. The van der Waals surface area contributed by atoms with Gasteiger partial charge in [0.2, 0.25) is 16.0 Å². The number of nitrogens with zero attached hydrogens (tertiary/aromatic N) is 4. The maximum atomic E-state index is 14.8. The number of nitrogens with one attached hydrogen (secondary N) is 1. The number of sulfonamides is 1. The maximum absolute atomic E-state index is 14.8. The lowest BCUT2D eigenvalue weighted by atomic mass is 10.1. The molecule has 0 bridgehead atoms. The number of amides is 1. The number of thiophene rings is 1. The quantitative estimate of drug-likeness (QED) is 0.691. The van der Waals surface area contributed by atoms with Crippen molar-refractivity contribution in [1.82, 2.24) is 19.2 Å². The fraction of sp³-hybridized carbons (Fsp3) is 0.591. The Labute approximate surface area is 196 Å². The normalized spacial score (nSPS) is 22.8. The van der Waals surface area contributed by atoms with Crippen LogP contribution in [0.25, 0.3) is 10.6 Å². The Hall–Kier alpha value is -2.11. The second-order valence-corrected chi connectivity index (χ2v) is 12.8. The summed E-state index contributed by atoms with van der Waals surface area (Å²) in [6.07, 6.45) is 5.88. The number of rotatable bonds is 5. The Morgan fingerprint density at radius 3 is 2.55 bits per heavy atom. The minimum Gasteiger partial charge on any atom is -0.351 e. The number of fused-ring (bicyclic) bond motifs is 2. The van der Waals surface area contributed by atoms with E-state index in [0.29, 0.717) is 42.3 Å². The van der Waals surface area contributed by atoms with Crippen LogP contribution in [0.4, 0.5) is 10.3 Å². The average Bonchev–Trinajstić information content (AvgIpc) is 3.71. The summed E-state index contributed by atoms with van der Waals surface area (Å²) in [5.41, 5.74) is 1.48. The third-order valence-corrected chi connectivity index (χ3v) is 11.4. The molecule has 0 atom stereocenters. The predicted octanol–water partition coefficient (Wildman–Crippen LogP) is 3.10. The van der Waals surface area contributed by atoms with Gasteiger partial charge >= 0.3 is 0 Å². The predicted molar refractivity (Wildman–Crippen MR) is 123 cm³/mol. The number of carbonyl (C=O) groups is 1. The second-order valence-electron chi connectivity index (χ2n) is 9.61. The van der Waals surface area contributed by atoms with Gasteiger partial charge in [-0.15, -0.1) is 11.3 Å². The number of hydrogen-bond acceptors (Lipinski definition) is 7. The van der Waals surface area contributed by atoms with Gasteiger partial charge in [-0.1, -0.05) is 0 Å². The summed E-state index contributed by atoms with van der Waals surface area (Å²) in [6, 6.07) is 0.0216. The molecular formula is C22H26FN5O3S2. The first-order valence-corrected chi connectivity index (χ1v) is 13.7. The van der Waals surface area contributed by atoms with E-state index in [2.05, 4.69) is 15.3 Å². The van der Waals surface area contributed by atoms with E-state index in [0.717, 1.165) is 36.1 Å². The minimum absolute atomic E-state index is 0.00298. The van der Waals surface area contributed by atoms with E-state index < -0.39 is 15.8 Å². The largest absolute Gasteiger partial charge is 0.351 e. The van der Waals surface area contributed by atoms with Crippen LogP contribution >= 0.6 is 11.3 Å². The van der Waals surface area contributed by atoms with Crippen LogP contribution in [0.15, 0.2) is 6.20 Å². The summed E-state index contributed by atoms with van der Waals surface area (Å²) >= 11 is 1.47. The molecule has 8 nitrogen and oxygen atoms in total. The molecule has 0 aromatic carbocycles. The molecule has 176 valence electrons. The third kappa shape index (κ3) is 3.23. The molecule has 1 spiro atoms. The zero-order valence-electron chi connectivity index (χ0n) is 18.6. The summed E-state index contributed by atoms with van der Waals surface area (Å²) in [5.74, 6) is -0.185. The monoisotopic (exact) mass is 491 g/mol. The number of piperidine rings is 1. The first-order valence-electron chi connectivity index (χ1n) is 11.4. The molecule has 0 unspecified atom stereocenters. The van der Waals surface area contributed by atoms with Crippen LogP contribution in [-0.4, -0.2) is 64.9 Å². The lowest BCUT2D eigenvalue weighted by Gasteiger charge is -2.31. The molecule has 6 rings (SSSR count). The van der Waals surface area contributed by atoms with Crippen molar-refractivity contribution in [2.24, 2.45) is 0 Å². The second kappa shape index (κ2) is 7.19. The van der Waals surface area contributed by atoms with Crippen molar-refractivity contribution in [3.63, 3.8) is 0 Å². The molecule has 4 aliphatic rings. The van der Waals surface area contributed by atoms with E-state index in [-0.39, 0.29) is 28.4 Å². The van der Waals surface area contributed by atoms with Crippen LogP contribution in [0.3, 0.4) is 0 Å². The number of halogens is 1. The maximum Gasteiger partial charge on any atom is 0.255 e. The van der Waals surface area contributed by atoms with Crippen molar-refractivity contribution in [3.8, 4) is 10.6 Å². The Morgan fingerprint density at radius 1 is 1.21 bits per heavy atom. The Balaban J connectivity index is 1.22. The molecule has 0 radical (unpaired) electrons. The van der Waals surface area contributed by atoms with Crippen LogP contribution in [-0.2, 0) is 15.6 Å². The fourth-order valence-electron chi connectivity index (χ4n) is 5.13. The van der Waals surface area contributed by atoms with Gasteiger partial charge in [-0.25, -0.2) is 27.1 Å². The molecule has 1 N–H and O–H groups in total. The molecule has 3 fully saturated rings. The molecule has 1 amide bonds. The number of carbonyl (C=O) groups excluding carboxylic acids is 1. The molecule has 2 aliphatic carbocycles. The molecule has 2 aliphatic heterocycles. The van der Waals surface area contributed by atoms with E-state index >= 15 is 0 Å². The van der Waals surface area contributed by atoms with Crippen molar-refractivity contribution >= 4 is 33.2 Å². The summed E-state index contributed by atoms with van der Waals surface area (Å²) in [5, 5.41) is 3.07. The van der Waals surface area contributed by atoms with E-state index in [4.69, 9.17) is 0 Å². The first kappa shape index (κ1) is 21.4. The van der Waals surface area contributed by atoms with Gasteiger partial charge in [-0.05, 0) is 51.0 Å². The number of aromatic nitrogens is 2. The molecule has 2 aromatic rings. The van der Waals surface area contributed by atoms with Crippen LogP contribution in [0.5, 0.6) is 0 Å². The average molecular weight is 492 g/mol. The first-order chi connectivity index (χ1) is 15.7. The summed E-state index contributed by atoms with van der Waals surface area (Å²) in [4.78, 5) is 25.0. The Morgan fingerprint density at radius 2 is 1.91 bits per heavy atom. The molecule has 2 aromatic heterocycles. The smallest absolute Gasteiger partial charge is 0.255 e. The van der Waals surface area contributed by atoms with Crippen molar-refractivity contribution < 1.29 is 17.6 Å². The summed E-state index contributed by atoms with van der Waals surface area (Å²) < 4.78 is 41.3. The third-order valence-electron chi connectivity index (χ3n) is 7.51. The van der Waals surface area contributed by atoms with Gasteiger partial charge in [0.25, 0.3) is 5.91 Å². The number of hydrogen-bond donors (Lipinski definition) is 1. The SMILES string of the molecule is Cc1c(-c2nc(NC3CCN(S(=O)(=O)C4CC4)CC3)ncc2F)sc2c1C(=O)N(C)C21CC1. The lowest BCUT2D eigenvalue weighted by molar-refractivity contribution is 0.0755. The Kier molecular flexibility index (Phi) is 4.67. The van der Waals surface area contributed by atoms with E-state index in [1.54, 1.807) is 4.31 Å². The van der Waals surface area contributed by atoms with Crippen molar-refractivity contribution in [1.29, 1.82) is 0 Å². The standard InChI is InChI=1S/C22H26FN5O3S2/c1-12-16-19(22(7-8-22)27(2)20(16)29)32-18(12)17-15(23)11-24-21(26-17)25-13-5-9-28(10-6-13)33(30,31)14-3-4-14/h11,13-14H,3-10H2,1-2H3,(H,24,25,26). The van der Waals surface area contributed by atoms with Gasteiger partial charge in [-0.2, -0.15) is 0 Å². The van der Waals surface area contributed by atoms with E-state index in [1.165, 1.54) is 17.5 Å². The highest BCUT2D eigenvalue weighted by Gasteiger charge is 2.58. The van der Waals surface area contributed by atoms with E-state index in [9.17, 15) is 17.6 Å². The van der Waals surface area contributed by atoms with Crippen molar-refractivity contribution in [2.45, 2.75) is 62.3 Å². The van der Waals surface area contributed by atoms with Gasteiger partial charge < -0.3 is 10.2 Å². The molecule has 4 heterocycles. The van der Waals surface area contributed by atoms with Crippen LogP contribution < -0.4 is 5.32 Å². The molecule has 1 saturated heterocycles. The molecular weight excluding hydrogens is 465 g/mol. The summed E-state index contributed by atoms with van der Waals surface area (Å²) in [7, 11) is -1.31. The Bertz CT molecular complexity index is 1260. The summed E-state index contributed by atoms with van der Waals surface area (Å²) in [6.45, 7) is 2.81. The highest BCUT2D eigenvalue weighted by atomic mass is 32.2. The zero-order chi connectivity index (χ0) is 23.1. The molecule has 11 heteroatoms. The van der Waals surface area contributed by atoms with Crippen molar-refractivity contribution in [3.05, 3.63) is 28.0 Å². The van der Waals surface area contributed by atoms with Gasteiger partial charge in [0, 0.05) is 31.1 Å². The zero-order valence-corrected chi connectivity index (χ0v) is 20.2. The highest BCUT2D eigenvalue weighted by Crippen LogP contribution is 2.60. The minimum atomic E-state index is -3.15. The van der Waals surface area contributed by atoms with Gasteiger partial charge in [-0.3, -0.25) is 4.79 Å². The van der Waals surface area contributed by atoms with Crippen LogP contribution in [0.1, 0.15) is 59.3 Å². The van der Waals surface area contributed by atoms with Crippen molar-refractivity contribution in [2.75, 3.05) is 25.5 Å². The lowest BCUT2D eigenvalue weighted by Crippen LogP contribution is -2.43. The molecule has 33 heavy (non-hydrogen) atoms.